The highest BCUT2D eigenvalue weighted by Gasteiger charge is 2.18. The molecular formula is C15H20FNO. The summed E-state index contributed by atoms with van der Waals surface area (Å²) in [5, 5.41) is 0. The lowest BCUT2D eigenvalue weighted by Gasteiger charge is -2.28. The Morgan fingerprint density at radius 1 is 1.11 bits per heavy atom. The molecule has 1 fully saturated rings. The van der Waals surface area contributed by atoms with Crippen molar-refractivity contribution in [3.8, 4) is 0 Å². The van der Waals surface area contributed by atoms with Gasteiger partial charge in [0.1, 0.15) is 5.82 Å². The third-order valence-electron chi connectivity index (χ3n) is 3.54. The molecule has 1 aliphatic rings. The molecule has 1 saturated heterocycles. The van der Waals surface area contributed by atoms with Gasteiger partial charge in [0.25, 0.3) is 0 Å². The molecule has 1 heterocycles. The Hall–Kier alpha value is -1.38. The van der Waals surface area contributed by atoms with Crippen molar-refractivity contribution < 1.29 is 9.18 Å². The second kappa shape index (κ2) is 5.98. The quantitative estimate of drug-likeness (QED) is 0.743. The van der Waals surface area contributed by atoms with Crippen LogP contribution in [0.4, 0.5) is 10.1 Å². The molecule has 0 radical (unpaired) electrons. The fraction of sp³-hybridized carbons (Fsp3) is 0.533. The normalized spacial score (nSPS) is 17.1. The second-order valence-electron chi connectivity index (χ2n) is 4.94. The molecule has 1 aliphatic heterocycles. The third-order valence-corrected chi connectivity index (χ3v) is 3.54. The highest BCUT2D eigenvalue weighted by molar-refractivity contribution is 6.00. The molecule has 2 rings (SSSR count). The first-order valence-corrected chi connectivity index (χ1v) is 6.74. The molecular weight excluding hydrogens is 229 g/mol. The Morgan fingerprint density at radius 3 is 2.33 bits per heavy atom. The minimum Gasteiger partial charge on any atom is -0.371 e. The van der Waals surface area contributed by atoms with E-state index in [0.29, 0.717) is 0 Å². The molecule has 0 bridgehead atoms. The van der Waals surface area contributed by atoms with Crippen LogP contribution in [0.5, 0.6) is 0 Å². The van der Waals surface area contributed by atoms with E-state index in [0.717, 1.165) is 31.6 Å². The summed E-state index contributed by atoms with van der Waals surface area (Å²) in [5.74, 6) is -0.591. The molecule has 0 aromatic heterocycles. The topological polar surface area (TPSA) is 20.3 Å². The van der Waals surface area contributed by atoms with Gasteiger partial charge in [-0.3, -0.25) is 4.79 Å². The van der Waals surface area contributed by atoms with Crippen LogP contribution in [-0.4, -0.2) is 18.9 Å². The lowest BCUT2D eigenvalue weighted by atomic mass is 10.0. The maximum atomic E-state index is 13.8. The summed E-state index contributed by atoms with van der Waals surface area (Å²) in [6, 6.07) is 4.92. The number of ketones is 1. The van der Waals surface area contributed by atoms with E-state index in [1.807, 2.05) is 6.07 Å². The van der Waals surface area contributed by atoms with E-state index in [4.69, 9.17) is 0 Å². The Morgan fingerprint density at radius 2 is 1.72 bits per heavy atom. The largest absolute Gasteiger partial charge is 0.371 e. The molecule has 0 atom stereocenters. The highest BCUT2D eigenvalue weighted by atomic mass is 19.1. The first-order chi connectivity index (χ1) is 8.70. The summed E-state index contributed by atoms with van der Waals surface area (Å²) < 4.78 is 13.8. The van der Waals surface area contributed by atoms with Crippen LogP contribution in [0.1, 0.15) is 49.4 Å². The Bertz CT molecular complexity index is 423. The van der Waals surface area contributed by atoms with Crippen LogP contribution in [-0.2, 0) is 0 Å². The summed E-state index contributed by atoms with van der Waals surface area (Å²) >= 11 is 0. The number of halogens is 1. The van der Waals surface area contributed by atoms with Crippen molar-refractivity contribution in [2.75, 3.05) is 18.0 Å². The number of benzene rings is 1. The summed E-state index contributed by atoms with van der Waals surface area (Å²) in [6.45, 7) is 3.28. The van der Waals surface area contributed by atoms with Crippen molar-refractivity contribution in [1.82, 2.24) is 0 Å². The summed E-state index contributed by atoms with van der Waals surface area (Å²) in [4.78, 5) is 13.8. The molecule has 0 spiro atoms. The maximum absolute atomic E-state index is 13.8. The van der Waals surface area contributed by atoms with Gasteiger partial charge >= 0.3 is 0 Å². The number of carbonyl (C=O) groups is 1. The van der Waals surface area contributed by atoms with Crippen molar-refractivity contribution in [2.45, 2.75) is 39.0 Å². The van der Waals surface area contributed by atoms with Gasteiger partial charge in [0, 0.05) is 13.1 Å². The van der Waals surface area contributed by atoms with Gasteiger partial charge in [-0.2, -0.15) is 0 Å². The van der Waals surface area contributed by atoms with Crippen molar-refractivity contribution in [2.24, 2.45) is 0 Å². The van der Waals surface area contributed by atoms with E-state index in [1.165, 1.54) is 32.3 Å². The lowest BCUT2D eigenvalue weighted by molar-refractivity contribution is 0.101. The van der Waals surface area contributed by atoms with Gasteiger partial charge in [-0.25, -0.2) is 4.39 Å². The van der Waals surface area contributed by atoms with Crippen molar-refractivity contribution in [3.05, 3.63) is 29.6 Å². The van der Waals surface area contributed by atoms with Gasteiger partial charge in [-0.15, -0.1) is 0 Å². The first kappa shape index (κ1) is 13.1. The van der Waals surface area contributed by atoms with Crippen molar-refractivity contribution in [3.63, 3.8) is 0 Å². The molecule has 98 valence electrons. The average Bonchev–Trinajstić information content (AvgIpc) is 2.27. The number of nitrogens with zero attached hydrogens (tertiary/aromatic N) is 1. The van der Waals surface area contributed by atoms with Crippen LogP contribution in [0, 0.1) is 5.82 Å². The number of rotatable bonds is 2. The maximum Gasteiger partial charge on any atom is 0.164 e. The summed E-state index contributed by atoms with van der Waals surface area (Å²) in [5.41, 5.74) is 1.02. The number of anilines is 1. The fourth-order valence-electron chi connectivity index (χ4n) is 2.61. The van der Waals surface area contributed by atoms with E-state index in [-0.39, 0.29) is 11.3 Å². The van der Waals surface area contributed by atoms with E-state index in [9.17, 15) is 9.18 Å². The predicted molar refractivity (Wildman–Crippen MR) is 71.7 cm³/mol. The van der Waals surface area contributed by atoms with Gasteiger partial charge in [0.15, 0.2) is 5.78 Å². The smallest absolute Gasteiger partial charge is 0.164 e. The number of hydrogen-bond donors (Lipinski definition) is 0. The zero-order chi connectivity index (χ0) is 13.0. The summed E-state index contributed by atoms with van der Waals surface area (Å²) in [7, 11) is 0. The van der Waals surface area contributed by atoms with Gasteiger partial charge < -0.3 is 4.90 Å². The molecule has 3 heteroatoms. The van der Waals surface area contributed by atoms with Gasteiger partial charge in [-0.05, 0) is 31.9 Å². The average molecular weight is 249 g/mol. The molecule has 0 unspecified atom stereocenters. The zero-order valence-electron chi connectivity index (χ0n) is 10.9. The minimum atomic E-state index is -0.401. The van der Waals surface area contributed by atoms with E-state index in [1.54, 1.807) is 6.07 Å². The Labute approximate surface area is 108 Å². The lowest BCUT2D eigenvalue weighted by Crippen LogP contribution is -2.28. The predicted octanol–water partition coefficient (Wildman–Crippen LogP) is 3.80. The number of carbonyl (C=O) groups excluding carboxylic acids is 1. The second-order valence-corrected chi connectivity index (χ2v) is 4.94. The van der Waals surface area contributed by atoms with Gasteiger partial charge in [-0.1, -0.05) is 25.3 Å². The van der Waals surface area contributed by atoms with Crippen LogP contribution in [0.15, 0.2) is 18.2 Å². The van der Waals surface area contributed by atoms with Crippen LogP contribution >= 0.6 is 0 Å². The third kappa shape index (κ3) is 2.89. The van der Waals surface area contributed by atoms with Crippen LogP contribution in [0.2, 0.25) is 0 Å². The SMILES string of the molecule is CC(=O)c1c(F)cccc1N1CCCCCCC1. The van der Waals surface area contributed by atoms with Crippen LogP contribution in [0.25, 0.3) is 0 Å². The number of Topliss-reactive ketones (excluding diaryl/α,β-unsaturated/α-hetero) is 1. The molecule has 0 saturated carbocycles. The molecule has 1 aromatic rings. The Kier molecular flexibility index (Phi) is 4.34. The van der Waals surface area contributed by atoms with Crippen molar-refractivity contribution >= 4 is 11.5 Å². The molecule has 0 amide bonds. The monoisotopic (exact) mass is 249 g/mol. The van der Waals surface area contributed by atoms with Gasteiger partial charge in [0.2, 0.25) is 0 Å². The van der Waals surface area contributed by atoms with Crippen LogP contribution in [0.3, 0.4) is 0 Å². The number of hydrogen-bond acceptors (Lipinski definition) is 2. The molecule has 0 aliphatic carbocycles. The minimum absolute atomic E-state index is 0.190. The highest BCUT2D eigenvalue weighted by Crippen LogP contribution is 2.26. The Balaban J connectivity index is 2.30. The molecule has 18 heavy (non-hydrogen) atoms. The molecule has 1 aromatic carbocycles. The first-order valence-electron chi connectivity index (χ1n) is 6.74. The summed E-state index contributed by atoms with van der Waals surface area (Å²) in [6.07, 6.45) is 5.97. The standard InChI is InChI=1S/C15H20FNO/c1-12(18)15-13(16)8-7-9-14(15)17-10-5-3-2-4-6-11-17/h7-9H,2-6,10-11H2,1H3. The zero-order valence-corrected chi connectivity index (χ0v) is 10.9. The van der Waals surface area contributed by atoms with Gasteiger partial charge in [0.05, 0.1) is 11.3 Å². The van der Waals surface area contributed by atoms with E-state index in [2.05, 4.69) is 4.90 Å². The fourth-order valence-corrected chi connectivity index (χ4v) is 2.61. The molecule has 0 N–H and O–H groups in total. The van der Waals surface area contributed by atoms with Crippen molar-refractivity contribution in [1.29, 1.82) is 0 Å². The van der Waals surface area contributed by atoms with E-state index < -0.39 is 5.82 Å². The molecule has 2 nitrogen and oxygen atoms in total. The van der Waals surface area contributed by atoms with Crippen LogP contribution < -0.4 is 4.90 Å². The van der Waals surface area contributed by atoms with E-state index >= 15 is 0 Å².